The van der Waals surface area contributed by atoms with Crippen molar-refractivity contribution in [2.24, 2.45) is 15.2 Å². The second-order valence-corrected chi connectivity index (χ2v) is 6.23. The third-order valence-corrected chi connectivity index (χ3v) is 4.50. The molecule has 2 heterocycles. The first-order chi connectivity index (χ1) is 8.53. The SMILES string of the molecule is CCOC(=O)N(C1CCS(=O)(=O)C1)C1N=CN=N1. The van der Waals surface area contributed by atoms with E-state index in [-0.39, 0.29) is 18.1 Å². The number of hydrogen-bond acceptors (Lipinski definition) is 7. The van der Waals surface area contributed by atoms with Gasteiger partial charge in [0.05, 0.1) is 24.2 Å². The van der Waals surface area contributed by atoms with Crippen LogP contribution < -0.4 is 0 Å². The Morgan fingerprint density at radius 2 is 2.33 bits per heavy atom. The Morgan fingerprint density at radius 1 is 1.56 bits per heavy atom. The van der Waals surface area contributed by atoms with Crippen LogP contribution in [0.1, 0.15) is 13.3 Å². The van der Waals surface area contributed by atoms with Crippen LogP contribution in [0.3, 0.4) is 0 Å². The molecule has 2 unspecified atom stereocenters. The van der Waals surface area contributed by atoms with E-state index in [1.807, 2.05) is 0 Å². The van der Waals surface area contributed by atoms with E-state index in [2.05, 4.69) is 15.2 Å². The average molecular weight is 274 g/mol. The summed E-state index contributed by atoms with van der Waals surface area (Å²) in [5, 5.41) is 7.34. The van der Waals surface area contributed by atoms with Crippen molar-refractivity contribution in [3.05, 3.63) is 0 Å². The lowest BCUT2D eigenvalue weighted by Crippen LogP contribution is -2.46. The van der Waals surface area contributed by atoms with Crippen molar-refractivity contribution in [3.63, 3.8) is 0 Å². The molecule has 2 aliphatic rings. The summed E-state index contributed by atoms with van der Waals surface area (Å²) >= 11 is 0. The van der Waals surface area contributed by atoms with Crippen LogP contribution in [-0.2, 0) is 14.6 Å². The molecular formula is C9H14N4O4S. The van der Waals surface area contributed by atoms with Crippen molar-refractivity contribution in [1.29, 1.82) is 0 Å². The van der Waals surface area contributed by atoms with Crippen molar-refractivity contribution in [1.82, 2.24) is 4.90 Å². The average Bonchev–Trinajstić information content (AvgIpc) is 2.90. The lowest BCUT2D eigenvalue weighted by molar-refractivity contribution is 0.0771. The van der Waals surface area contributed by atoms with Gasteiger partial charge in [-0.05, 0) is 13.3 Å². The smallest absolute Gasteiger partial charge is 0.413 e. The van der Waals surface area contributed by atoms with Crippen molar-refractivity contribution >= 4 is 22.3 Å². The number of carbonyl (C=O) groups is 1. The molecule has 2 rings (SSSR count). The molecule has 18 heavy (non-hydrogen) atoms. The van der Waals surface area contributed by atoms with E-state index in [0.29, 0.717) is 6.42 Å². The number of sulfone groups is 1. The monoisotopic (exact) mass is 274 g/mol. The number of carbonyl (C=O) groups excluding carboxylic acids is 1. The van der Waals surface area contributed by atoms with Crippen LogP contribution in [0, 0.1) is 0 Å². The Hall–Kier alpha value is -1.51. The number of azo groups is 1. The molecule has 0 saturated carbocycles. The van der Waals surface area contributed by atoms with Gasteiger partial charge in [-0.1, -0.05) is 0 Å². The summed E-state index contributed by atoms with van der Waals surface area (Å²) in [6.07, 6.45) is 0.202. The van der Waals surface area contributed by atoms with Gasteiger partial charge in [-0.3, -0.25) is 4.90 Å². The molecule has 2 aliphatic heterocycles. The minimum atomic E-state index is -3.09. The van der Waals surface area contributed by atoms with E-state index < -0.39 is 28.3 Å². The fraction of sp³-hybridized carbons (Fsp3) is 0.778. The van der Waals surface area contributed by atoms with Gasteiger partial charge >= 0.3 is 6.09 Å². The zero-order chi connectivity index (χ0) is 13.2. The molecule has 0 aliphatic carbocycles. The predicted octanol–water partition coefficient (Wildman–Crippen LogP) is 0.410. The summed E-state index contributed by atoms with van der Waals surface area (Å²) in [5.74, 6) is -0.00545. The molecule has 1 amide bonds. The molecule has 8 nitrogen and oxygen atoms in total. The Balaban J connectivity index is 2.17. The standard InChI is InChI=1S/C9H14N4O4S/c1-2-17-9(14)13(8-10-6-11-12-8)7-3-4-18(15,16)5-7/h6-8H,2-5H2,1H3. The third kappa shape index (κ3) is 2.66. The van der Waals surface area contributed by atoms with Gasteiger partial charge in [0.1, 0.15) is 6.34 Å². The summed E-state index contributed by atoms with van der Waals surface area (Å²) < 4.78 is 27.9. The molecule has 100 valence electrons. The largest absolute Gasteiger partial charge is 0.450 e. The summed E-state index contributed by atoms with van der Waals surface area (Å²) in [6.45, 7) is 1.89. The summed E-state index contributed by atoms with van der Waals surface area (Å²) in [6, 6.07) is -0.451. The van der Waals surface area contributed by atoms with Crippen LogP contribution >= 0.6 is 0 Å². The summed E-state index contributed by atoms with van der Waals surface area (Å²) in [5.41, 5.74) is 0. The van der Waals surface area contributed by atoms with Gasteiger partial charge in [0.25, 0.3) is 0 Å². The normalized spacial score (nSPS) is 28.5. The molecule has 0 N–H and O–H groups in total. The minimum absolute atomic E-state index is 0.0706. The number of amides is 1. The lowest BCUT2D eigenvalue weighted by Gasteiger charge is -2.28. The molecule has 1 fully saturated rings. The highest BCUT2D eigenvalue weighted by molar-refractivity contribution is 7.91. The maximum absolute atomic E-state index is 11.9. The van der Waals surface area contributed by atoms with Gasteiger partial charge in [-0.2, -0.15) is 0 Å². The highest BCUT2D eigenvalue weighted by Gasteiger charge is 2.39. The fourth-order valence-corrected chi connectivity index (χ4v) is 3.67. The first-order valence-electron chi connectivity index (χ1n) is 5.60. The fourth-order valence-electron chi connectivity index (χ4n) is 1.96. The number of nitrogens with zero attached hydrogens (tertiary/aromatic N) is 4. The Kier molecular flexibility index (Phi) is 3.60. The number of ether oxygens (including phenoxy) is 1. The number of aliphatic imine (C=N–C) groups is 1. The quantitative estimate of drug-likeness (QED) is 0.743. The zero-order valence-corrected chi connectivity index (χ0v) is 10.7. The number of rotatable bonds is 3. The Labute approximate surface area is 105 Å². The predicted molar refractivity (Wildman–Crippen MR) is 63.1 cm³/mol. The first-order valence-corrected chi connectivity index (χ1v) is 7.43. The Bertz CT molecular complexity index is 475. The molecular weight excluding hydrogens is 260 g/mol. The molecule has 2 atom stereocenters. The van der Waals surface area contributed by atoms with E-state index >= 15 is 0 Å². The number of hydrogen-bond donors (Lipinski definition) is 0. The van der Waals surface area contributed by atoms with Crippen LogP contribution in [0.2, 0.25) is 0 Å². The second-order valence-electron chi connectivity index (χ2n) is 4.00. The Morgan fingerprint density at radius 3 is 2.83 bits per heavy atom. The maximum Gasteiger partial charge on any atom is 0.413 e. The summed E-state index contributed by atoms with van der Waals surface area (Å²) in [7, 11) is -3.09. The van der Waals surface area contributed by atoms with E-state index in [4.69, 9.17) is 4.74 Å². The topological polar surface area (TPSA) is 101 Å². The lowest BCUT2D eigenvalue weighted by atomic mass is 10.2. The van der Waals surface area contributed by atoms with Gasteiger partial charge in [-0.15, -0.1) is 10.2 Å². The van der Waals surface area contributed by atoms with Gasteiger partial charge in [0, 0.05) is 0 Å². The van der Waals surface area contributed by atoms with Gasteiger partial charge < -0.3 is 4.74 Å². The van der Waals surface area contributed by atoms with Crippen LogP contribution in [0.5, 0.6) is 0 Å². The van der Waals surface area contributed by atoms with Crippen LogP contribution in [0.25, 0.3) is 0 Å². The van der Waals surface area contributed by atoms with Crippen molar-refractivity contribution in [2.45, 2.75) is 25.7 Å². The minimum Gasteiger partial charge on any atom is -0.450 e. The maximum atomic E-state index is 11.9. The van der Waals surface area contributed by atoms with Gasteiger partial charge in [0.2, 0.25) is 6.29 Å². The van der Waals surface area contributed by atoms with Crippen molar-refractivity contribution in [3.8, 4) is 0 Å². The molecule has 9 heteroatoms. The second kappa shape index (κ2) is 5.01. The zero-order valence-electron chi connectivity index (χ0n) is 9.89. The van der Waals surface area contributed by atoms with E-state index in [1.165, 1.54) is 11.2 Å². The molecule has 0 aromatic rings. The third-order valence-electron chi connectivity index (χ3n) is 2.75. The van der Waals surface area contributed by atoms with E-state index in [1.54, 1.807) is 6.92 Å². The molecule has 0 radical (unpaired) electrons. The molecule has 0 spiro atoms. The van der Waals surface area contributed by atoms with E-state index in [0.717, 1.165) is 0 Å². The molecule has 0 bridgehead atoms. The first kappa shape index (κ1) is 12.9. The van der Waals surface area contributed by atoms with Crippen LogP contribution in [0.4, 0.5) is 4.79 Å². The van der Waals surface area contributed by atoms with E-state index in [9.17, 15) is 13.2 Å². The molecule has 0 aromatic carbocycles. The highest BCUT2D eigenvalue weighted by Crippen LogP contribution is 2.23. The summed E-state index contributed by atoms with van der Waals surface area (Å²) in [4.78, 5) is 17.0. The van der Waals surface area contributed by atoms with Gasteiger partial charge in [0.15, 0.2) is 9.84 Å². The van der Waals surface area contributed by atoms with Crippen LogP contribution in [0.15, 0.2) is 15.2 Å². The molecule has 0 aromatic heterocycles. The van der Waals surface area contributed by atoms with Gasteiger partial charge in [-0.25, -0.2) is 18.2 Å². The van der Waals surface area contributed by atoms with Crippen LogP contribution in [-0.4, -0.2) is 56.2 Å². The molecule has 1 saturated heterocycles. The van der Waals surface area contributed by atoms with Crippen molar-refractivity contribution < 1.29 is 17.9 Å². The van der Waals surface area contributed by atoms with Crippen molar-refractivity contribution in [2.75, 3.05) is 18.1 Å². The highest BCUT2D eigenvalue weighted by atomic mass is 32.2.